The Labute approximate surface area is 113 Å². The zero-order valence-corrected chi connectivity index (χ0v) is 9.12. The van der Waals surface area contributed by atoms with Crippen molar-refractivity contribution in [3.8, 4) is 0 Å². The van der Waals surface area contributed by atoms with Crippen molar-refractivity contribution in [2.45, 2.75) is 46.2 Å². The highest BCUT2D eigenvalue weighted by molar-refractivity contribution is 5.94. The molecule has 0 aromatic carbocycles. The first kappa shape index (κ1) is 4.67. The third kappa shape index (κ3) is 5.73. The van der Waals surface area contributed by atoms with E-state index in [0.717, 1.165) is 0 Å². The molecule has 0 N–H and O–H groups in total. The molecule has 0 spiro atoms. The number of hydrogen-bond donors (Lipinski definition) is 0. The normalized spacial score (nSPS) is 24.8. The molecular formula is C12H22O4. The molecule has 4 nitrogen and oxygen atoms in total. The van der Waals surface area contributed by atoms with Crippen molar-refractivity contribution in [3.05, 3.63) is 0 Å². The topological polar surface area (TPSA) is 52.6 Å². The maximum absolute atomic E-state index is 12.1. The summed E-state index contributed by atoms with van der Waals surface area (Å²) in [6.07, 6.45) is -15.5. The summed E-state index contributed by atoms with van der Waals surface area (Å²) >= 11 is 0. The van der Waals surface area contributed by atoms with E-state index < -0.39 is 50.2 Å². The molecule has 0 atom stereocenters. The molecular weight excluding hydrogens is 208 g/mol. The molecule has 0 saturated heterocycles. The Bertz CT molecular complexity index is 538. The summed E-state index contributed by atoms with van der Waals surface area (Å²) in [6, 6.07) is 0. The van der Waals surface area contributed by atoms with Gasteiger partial charge in [0, 0.05) is 15.1 Å². The van der Waals surface area contributed by atoms with E-state index in [-0.39, 0.29) is 13.2 Å². The van der Waals surface area contributed by atoms with Gasteiger partial charge in [-0.3, -0.25) is 9.59 Å². The monoisotopic (exact) mass is 241 g/mol. The number of ether oxygens (including phenoxy) is 2. The molecule has 0 saturated carbocycles. The Hall–Kier alpha value is -1.06. The molecule has 16 heavy (non-hydrogen) atoms. The second-order valence-electron chi connectivity index (χ2n) is 2.46. The van der Waals surface area contributed by atoms with Crippen LogP contribution in [0.2, 0.25) is 0 Å². The number of carbonyl (C=O) groups is 2. The van der Waals surface area contributed by atoms with Crippen molar-refractivity contribution in [1.29, 1.82) is 0 Å². The third-order valence-corrected chi connectivity index (χ3v) is 1.39. The molecule has 0 radical (unpaired) electrons. The summed E-state index contributed by atoms with van der Waals surface area (Å²) in [5.74, 6) is -5.69. The summed E-state index contributed by atoms with van der Waals surface area (Å²) in [7, 11) is 0. The second-order valence-corrected chi connectivity index (χ2v) is 2.46. The van der Waals surface area contributed by atoms with Crippen LogP contribution in [0, 0.1) is 5.92 Å². The molecule has 0 aliphatic carbocycles. The number of rotatable bonds is 8. The van der Waals surface area contributed by atoms with Crippen LogP contribution in [0.25, 0.3) is 0 Å². The first-order valence-electron chi connectivity index (χ1n) is 10.2. The van der Waals surface area contributed by atoms with Crippen LogP contribution in [0.3, 0.4) is 0 Å². The fraction of sp³-hybridized carbons (Fsp3) is 0.833. The van der Waals surface area contributed by atoms with Crippen LogP contribution in [-0.4, -0.2) is 25.2 Å². The molecule has 0 aromatic rings. The minimum Gasteiger partial charge on any atom is -0.465 e. The van der Waals surface area contributed by atoms with Crippen molar-refractivity contribution in [1.82, 2.24) is 0 Å². The highest BCUT2D eigenvalue weighted by Crippen LogP contribution is 2.14. The van der Waals surface area contributed by atoms with Crippen molar-refractivity contribution < 1.29 is 34.1 Å². The average Bonchev–Trinajstić information content (AvgIpc) is 2.45. The fourth-order valence-corrected chi connectivity index (χ4v) is 0.805. The minimum absolute atomic E-state index is 0.309. The predicted molar refractivity (Wildman–Crippen MR) is 60.9 cm³/mol. The van der Waals surface area contributed by atoms with Gasteiger partial charge >= 0.3 is 11.9 Å². The van der Waals surface area contributed by atoms with E-state index >= 15 is 0 Å². The highest BCUT2D eigenvalue weighted by atomic mass is 16.6. The van der Waals surface area contributed by atoms with E-state index in [9.17, 15) is 9.59 Å². The van der Waals surface area contributed by atoms with Gasteiger partial charge in [0.2, 0.25) is 0 Å². The molecule has 0 aliphatic rings. The molecule has 0 unspecified atom stereocenters. The van der Waals surface area contributed by atoms with Crippen LogP contribution in [0.1, 0.15) is 61.3 Å². The quantitative estimate of drug-likeness (QED) is 0.483. The van der Waals surface area contributed by atoms with Crippen molar-refractivity contribution >= 4 is 11.9 Å². The molecule has 0 bridgehead atoms. The van der Waals surface area contributed by atoms with Crippen molar-refractivity contribution in [2.75, 3.05) is 13.2 Å². The Balaban J connectivity index is 6.44. The average molecular weight is 241 g/mol. The molecule has 0 aliphatic heterocycles. The lowest BCUT2D eigenvalue weighted by Gasteiger charge is -2.13. The molecule has 0 fully saturated rings. The van der Waals surface area contributed by atoms with E-state index in [2.05, 4.69) is 9.47 Å². The van der Waals surface area contributed by atoms with Gasteiger partial charge in [-0.1, -0.05) is 26.0 Å². The Morgan fingerprint density at radius 2 is 1.75 bits per heavy atom. The SMILES string of the molecule is [2H]C([2H])([2H])C([2H])([2H])C([2H])([2H])C([2H])([2H])C([2H])([2H])C(C(=O)OCC)C(=O)OCC. The largest absolute Gasteiger partial charge is 0.465 e. The van der Waals surface area contributed by atoms with E-state index in [1.165, 1.54) is 13.8 Å². The third-order valence-electron chi connectivity index (χ3n) is 1.39. The van der Waals surface area contributed by atoms with Gasteiger partial charge < -0.3 is 9.47 Å². The summed E-state index contributed by atoms with van der Waals surface area (Å²) in [4.78, 5) is 24.1. The summed E-state index contributed by atoms with van der Waals surface area (Å²) in [5, 5.41) is 0. The molecule has 4 heteroatoms. The lowest BCUT2D eigenvalue weighted by atomic mass is 10.0. The van der Waals surface area contributed by atoms with Crippen LogP contribution < -0.4 is 0 Å². The summed E-state index contributed by atoms with van der Waals surface area (Å²) < 4.78 is 92.6. The first-order chi connectivity index (χ1) is 11.8. The highest BCUT2D eigenvalue weighted by Gasteiger charge is 2.28. The van der Waals surface area contributed by atoms with Gasteiger partial charge in [0.15, 0.2) is 5.92 Å². The fourth-order valence-electron chi connectivity index (χ4n) is 0.805. The zero-order valence-electron chi connectivity index (χ0n) is 20.1. The molecule has 0 amide bonds. The van der Waals surface area contributed by atoms with Gasteiger partial charge in [-0.15, -0.1) is 0 Å². The predicted octanol–water partition coefficient (Wildman–Crippen LogP) is 2.31. The lowest BCUT2D eigenvalue weighted by molar-refractivity contribution is -0.161. The van der Waals surface area contributed by atoms with Crippen LogP contribution in [0.4, 0.5) is 0 Å². The lowest BCUT2D eigenvalue weighted by Crippen LogP contribution is -2.28. The summed E-state index contributed by atoms with van der Waals surface area (Å²) in [6.45, 7) is -1.62. The smallest absolute Gasteiger partial charge is 0.320 e. The summed E-state index contributed by atoms with van der Waals surface area (Å²) in [5.41, 5.74) is 0. The first-order valence-corrected chi connectivity index (χ1v) is 4.67. The number of esters is 2. The number of hydrogen-bond acceptors (Lipinski definition) is 4. The van der Waals surface area contributed by atoms with Crippen LogP contribution in [0.5, 0.6) is 0 Å². The van der Waals surface area contributed by atoms with E-state index in [4.69, 9.17) is 15.1 Å². The Morgan fingerprint density at radius 1 is 1.19 bits per heavy atom. The van der Waals surface area contributed by atoms with Crippen molar-refractivity contribution in [3.63, 3.8) is 0 Å². The van der Waals surface area contributed by atoms with Crippen LogP contribution in [-0.2, 0) is 19.1 Å². The van der Waals surface area contributed by atoms with Gasteiger partial charge in [-0.25, -0.2) is 0 Å². The van der Waals surface area contributed by atoms with E-state index in [1.807, 2.05) is 0 Å². The van der Waals surface area contributed by atoms with E-state index in [0.29, 0.717) is 0 Å². The second kappa shape index (κ2) is 9.19. The minimum atomic E-state index is -3.98. The number of carbonyl (C=O) groups excluding carboxylic acids is 2. The molecule has 94 valence electrons. The maximum Gasteiger partial charge on any atom is 0.320 e. The molecule has 0 aromatic heterocycles. The van der Waals surface area contributed by atoms with Gasteiger partial charge in [0.05, 0.1) is 13.2 Å². The van der Waals surface area contributed by atoms with Gasteiger partial charge in [0.1, 0.15) is 0 Å². The van der Waals surface area contributed by atoms with E-state index in [1.54, 1.807) is 0 Å². The molecule has 0 heterocycles. The van der Waals surface area contributed by atoms with Crippen LogP contribution in [0.15, 0.2) is 0 Å². The van der Waals surface area contributed by atoms with Gasteiger partial charge in [0.25, 0.3) is 0 Å². The van der Waals surface area contributed by atoms with Gasteiger partial charge in [-0.05, 0) is 20.2 Å². The van der Waals surface area contributed by atoms with Crippen molar-refractivity contribution in [2.24, 2.45) is 5.92 Å². The molecule has 0 rings (SSSR count). The van der Waals surface area contributed by atoms with Crippen LogP contribution >= 0.6 is 0 Å². The van der Waals surface area contributed by atoms with Gasteiger partial charge in [-0.2, -0.15) is 0 Å². The maximum atomic E-state index is 12.1. The zero-order chi connectivity index (χ0) is 22.1. The Kier molecular flexibility index (Phi) is 2.68. The Morgan fingerprint density at radius 3 is 2.19 bits per heavy atom. The standard InChI is InChI=1S/C12H22O4/c1-4-7-8-9-10(11(13)15-5-2)12(14)16-6-3/h10H,4-9H2,1-3H3/i1D3,4D2,7D2,8D2,9D2.